The summed E-state index contributed by atoms with van der Waals surface area (Å²) in [4.78, 5) is 16.0. The lowest BCUT2D eigenvalue weighted by Crippen LogP contribution is -2.47. The second-order valence-electron chi connectivity index (χ2n) is 6.79. The molecule has 1 aliphatic heterocycles. The van der Waals surface area contributed by atoms with Crippen LogP contribution in [0.15, 0.2) is 53.0 Å². The van der Waals surface area contributed by atoms with E-state index in [0.717, 1.165) is 16.1 Å². The highest BCUT2D eigenvalue weighted by molar-refractivity contribution is 9.10. The van der Waals surface area contributed by atoms with Gasteiger partial charge in [0, 0.05) is 48.3 Å². The first-order valence-corrected chi connectivity index (χ1v) is 10.2. The van der Waals surface area contributed by atoms with Crippen molar-refractivity contribution in [2.75, 3.05) is 26.2 Å². The second-order valence-corrected chi connectivity index (χ2v) is 8.14. The molecule has 0 aromatic heterocycles. The first kappa shape index (κ1) is 21.9. The maximum atomic E-state index is 13.3. The van der Waals surface area contributed by atoms with Crippen LogP contribution >= 0.6 is 27.5 Å². The van der Waals surface area contributed by atoms with Gasteiger partial charge in [-0.3, -0.25) is 9.69 Å². The molecule has 1 heterocycles. The average Bonchev–Trinajstić information content (AvgIpc) is 2.68. The molecule has 0 radical (unpaired) electrons. The Bertz CT molecular complexity index is 892. The fraction of sp³-hybridized carbons (Fsp3) is 0.286. The number of benzene rings is 2. The Labute approximate surface area is 180 Å². The van der Waals surface area contributed by atoms with Gasteiger partial charge in [-0.1, -0.05) is 45.7 Å². The van der Waals surface area contributed by atoms with E-state index in [1.807, 2.05) is 29.2 Å². The van der Waals surface area contributed by atoms with Crippen LogP contribution in [-0.4, -0.2) is 41.9 Å². The van der Waals surface area contributed by atoms with Gasteiger partial charge >= 0.3 is 6.18 Å². The fourth-order valence-electron chi connectivity index (χ4n) is 3.16. The molecule has 154 valence electrons. The van der Waals surface area contributed by atoms with Gasteiger partial charge in [0.25, 0.3) is 0 Å². The molecule has 1 aliphatic rings. The number of amides is 1. The quantitative estimate of drug-likeness (QED) is 0.533. The van der Waals surface area contributed by atoms with Crippen LogP contribution in [0.2, 0.25) is 5.02 Å². The molecule has 1 amide bonds. The monoisotopic (exact) mass is 486 g/mol. The van der Waals surface area contributed by atoms with Crippen molar-refractivity contribution in [3.05, 3.63) is 74.7 Å². The molecule has 0 aliphatic carbocycles. The molecular weight excluding hydrogens is 469 g/mol. The van der Waals surface area contributed by atoms with Crippen LogP contribution in [-0.2, 0) is 17.5 Å². The fourth-order valence-corrected chi connectivity index (χ4v) is 3.60. The van der Waals surface area contributed by atoms with Crippen molar-refractivity contribution < 1.29 is 18.0 Å². The molecule has 1 fully saturated rings. The first-order chi connectivity index (χ1) is 13.7. The largest absolute Gasteiger partial charge is 0.416 e. The standard InChI is InChI=1S/C21H19BrClF3N2O/c22-17-5-1-15(2-6-17)3-8-20(29)28-11-9-27(10-12-28)14-16-4-7-18(23)13-19(16)21(24,25)26/h1-8,13H,9-12,14H2/b8-3+. The zero-order valence-corrected chi connectivity index (χ0v) is 17.8. The molecule has 0 bridgehead atoms. The Hall–Kier alpha value is -1.83. The number of carbonyl (C=O) groups is 1. The number of hydrogen-bond donors (Lipinski definition) is 0. The number of alkyl halides is 3. The maximum Gasteiger partial charge on any atom is 0.416 e. The van der Waals surface area contributed by atoms with Crippen LogP contribution in [0, 0.1) is 0 Å². The molecule has 0 unspecified atom stereocenters. The summed E-state index contributed by atoms with van der Waals surface area (Å²) in [5.74, 6) is -0.102. The van der Waals surface area contributed by atoms with E-state index in [0.29, 0.717) is 26.2 Å². The van der Waals surface area contributed by atoms with E-state index < -0.39 is 11.7 Å². The summed E-state index contributed by atoms with van der Waals surface area (Å²) in [6, 6.07) is 11.4. The predicted octanol–water partition coefficient (Wildman–Crippen LogP) is 5.48. The summed E-state index contributed by atoms with van der Waals surface area (Å²) in [7, 11) is 0. The topological polar surface area (TPSA) is 23.6 Å². The molecule has 2 aromatic carbocycles. The molecule has 1 saturated heterocycles. The Kier molecular flexibility index (Phi) is 7.03. The van der Waals surface area contributed by atoms with E-state index in [2.05, 4.69) is 15.9 Å². The normalized spacial score (nSPS) is 15.8. The minimum absolute atomic E-state index is 0.0639. The molecule has 3 nitrogen and oxygen atoms in total. The van der Waals surface area contributed by atoms with E-state index in [9.17, 15) is 18.0 Å². The van der Waals surface area contributed by atoms with Gasteiger partial charge in [-0.05, 0) is 41.5 Å². The number of hydrogen-bond acceptors (Lipinski definition) is 2. The zero-order valence-electron chi connectivity index (χ0n) is 15.4. The third kappa shape index (κ3) is 6.07. The van der Waals surface area contributed by atoms with Gasteiger partial charge in [0.1, 0.15) is 0 Å². The summed E-state index contributed by atoms with van der Waals surface area (Å²) in [6.07, 6.45) is -1.17. The van der Waals surface area contributed by atoms with E-state index in [1.165, 1.54) is 18.2 Å². The number of halogens is 5. The highest BCUT2D eigenvalue weighted by atomic mass is 79.9. The van der Waals surface area contributed by atoms with Crippen LogP contribution in [0.25, 0.3) is 6.08 Å². The van der Waals surface area contributed by atoms with Gasteiger partial charge in [0.05, 0.1) is 5.56 Å². The third-order valence-corrected chi connectivity index (χ3v) is 5.51. The van der Waals surface area contributed by atoms with Gasteiger partial charge in [0.15, 0.2) is 0 Å². The van der Waals surface area contributed by atoms with Crippen molar-refractivity contribution >= 4 is 39.5 Å². The molecule has 0 atom stereocenters. The summed E-state index contributed by atoms with van der Waals surface area (Å²) in [5, 5.41) is 0.0639. The molecule has 2 aromatic rings. The smallest absolute Gasteiger partial charge is 0.337 e. The Morgan fingerprint density at radius 1 is 1.07 bits per heavy atom. The average molecular weight is 488 g/mol. The molecular formula is C21H19BrClF3N2O. The zero-order chi connectivity index (χ0) is 21.0. The maximum absolute atomic E-state index is 13.3. The molecule has 0 spiro atoms. The number of rotatable bonds is 4. The van der Waals surface area contributed by atoms with Crippen molar-refractivity contribution in [2.45, 2.75) is 12.7 Å². The minimum atomic E-state index is -4.45. The molecule has 0 saturated carbocycles. The van der Waals surface area contributed by atoms with Crippen LogP contribution < -0.4 is 0 Å². The van der Waals surface area contributed by atoms with Crippen molar-refractivity contribution in [1.82, 2.24) is 9.80 Å². The third-order valence-electron chi connectivity index (χ3n) is 4.74. The number of nitrogens with zero attached hydrogens (tertiary/aromatic N) is 2. The SMILES string of the molecule is O=C(/C=C/c1ccc(Br)cc1)N1CCN(Cc2ccc(Cl)cc2C(F)(F)F)CC1. The predicted molar refractivity (Wildman–Crippen MR) is 111 cm³/mol. The van der Waals surface area contributed by atoms with Crippen molar-refractivity contribution in [3.8, 4) is 0 Å². The van der Waals surface area contributed by atoms with Crippen molar-refractivity contribution in [2.24, 2.45) is 0 Å². The second kappa shape index (κ2) is 9.32. The minimum Gasteiger partial charge on any atom is -0.337 e. The van der Waals surface area contributed by atoms with Crippen LogP contribution in [0.1, 0.15) is 16.7 Å². The summed E-state index contributed by atoms with van der Waals surface area (Å²) >= 11 is 9.10. The lowest BCUT2D eigenvalue weighted by molar-refractivity contribution is -0.138. The lowest BCUT2D eigenvalue weighted by atomic mass is 10.1. The van der Waals surface area contributed by atoms with E-state index in [1.54, 1.807) is 11.0 Å². The molecule has 0 N–H and O–H groups in total. The highest BCUT2D eigenvalue weighted by Gasteiger charge is 2.34. The summed E-state index contributed by atoms with van der Waals surface area (Å²) in [5.41, 5.74) is 0.403. The van der Waals surface area contributed by atoms with E-state index in [-0.39, 0.29) is 23.0 Å². The van der Waals surface area contributed by atoms with E-state index in [4.69, 9.17) is 11.6 Å². The van der Waals surface area contributed by atoms with Crippen LogP contribution in [0.3, 0.4) is 0 Å². The van der Waals surface area contributed by atoms with Gasteiger partial charge in [0.2, 0.25) is 5.91 Å². The molecule has 8 heteroatoms. The number of piperazine rings is 1. The molecule has 3 rings (SSSR count). The Morgan fingerprint density at radius 2 is 1.72 bits per heavy atom. The lowest BCUT2D eigenvalue weighted by Gasteiger charge is -2.34. The molecule has 29 heavy (non-hydrogen) atoms. The van der Waals surface area contributed by atoms with Gasteiger partial charge in [-0.25, -0.2) is 0 Å². The van der Waals surface area contributed by atoms with Crippen LogP contribution in [0.4, 0.5) is 13.2 Å². The Morgan fingerprint density at radius 3 is 2.34 bits per heavy atom. The van der Waals surface area contributed by atoms with Crippen LogP contribution in [0.5, 0.6) is 0 Å². The first-order valence-electron chi connectivity index (χ1n) is 9.03. The number of carbonyl (C=O) groups excluding carboxylic acids is 1. The van der Waals surface area contributed by atoms with Crippen molar-refractivity contribution in [3.63, 3.8) is 0 Å². The van der Waals surface area contributed by atoms with Gasteiger partial charge in [-0.2, -0.15) is 13.2 Å². The van der Waals surface area contributed by atoms with Gasteiger partial charge < -0.3 is 4.90 Å². The highest BCUT2D eigenvalue weighted by Crippen LogP contribution is 2.34. The van der Waals surface area contributed by atoms with Gasteiger partial charge in [-0.15, -0.1) is 0 Å². The van der Waals surface area contributed by atoms with E-state index >= 15 is 0 Å². The summed E-state index contributed by atoms with van der Waals surface area (Å²) in [6.45, 7) is 2.13. The summed E-state index contributed by atoms with van der Waals surface area (Å²) < 4.78 is 40.7. The Balaban J connectivity index is 1.57. The van der Waals surface area contributed by atoms with Crippen molar-refractivity contribution in [1.29, 1.82) is 0 Å².